The molecule has 0 saturated carbocycles. The lowest BCUT2D eigenvalue weighted by Crippen LogP contribution is -1.94. The number of aromatic nitrogens is 3. The standard InChI is InChI=1S/C13H11FN4/c1-18-11-4-3-9(14)6-10(11)17-13(18)8-2-5-12(15)16-7-8/h2-7H,1H3,(H2,15,16). The minimum Gasteiger partial charge on any atom is -0.384 e. The van der Waals surface area contributed by atoms with Crippen molar-refractivity contribution in [3.05, 3.63) is 42.3 Å². The molecular weight excluding hydrogens is 231 g/mol. The summed E-state index contributed by atoms with van der Waals surface area (Å²) in [7, 11) is 1.89. The maximum atomic E-state index is 13.2. The summed E-state index contributed by atoms with van der Waals surface area (Å²) in [4.78, 5) is 8.45. The molecule has 0 amide bonds. The number of aryl methyl sites for hydroxylation is 1. The topological polar surface area (TPSA) is 56.7 Å². The third-order valence-corrected chi connectivity index (χ3v) is 2.89. The van der Waals surface area contributed by atoms with Crippen molar-refractivity contribution in [3.63, 3.8) is 0 Å². The molecule has 5 heteroatoms. The van der Waals surface area contributed by atoms with Crippen LogP contribution in [0.3, 0.4) is 0 Å². The molecule has 90 valence electrons. The van der Waals surface area contributed by atoms with Gasteiger partial charge in [0.25, 0.3) is 0 Å². The van der Waals surface area contributed by atoms with E-state index in [9.17, 15) is 4.39 Å². The molecular formula is C13H11FN4. The van der Waals surface area contributed by atoms with Crippen LogP contribution >= 0.6 is 0 Å². The highest BCUT2D eigenvalue weighted by molar-refractivity contribution is 5.80. The van der Waals surface area contributed by atoms with Gasteiger partial charge in [-0.2, -0.15) is 0 Å². The van der Waals surface area contributed by atoms with E-state index in [2.05, 4.69) is 9.97 Å². The number of imidazole rings is 1. The minimum absolute atomic E-state index is 0.289. The quantitative estimate of drug-likeness (QED) is 0.712. The largest absolute Gasteiger partial charge is 0.384 e. The molecule has 2 heterocycles. The van der Waals surface area contributed by atoms with Crippen LogP contribution in [0.25, 0.3) is 22.4 Å². The maximum Gasteiger partial charge on any atom is 0.142 e. The summed E-state index contributed by atoms with van der Waals surface area (Å²) in [6.07, 6.45) is 1.66. The van der Waals surface area contributed by atoms with Crippen LogP contribution in [0, 0.1) is 5.82 Å². The number of pyridine rings is 1. The highest BCUT2D eigenvalue weighted by atomic mass is 19.1. The predicted octanol–water partition coefficient (Wildman–Crippen LogP) is 2.36. The van der Waals surface area contributed by atoms with Crippen molar-refractivity contribution in [1.82, 2.24) is 14.5 Å². The number of halogens is 1. The smallest absolute Gasteiger partial charge is 0.142 e. The Morgan fingerprint density at radius 1 is 1.22 bits per heavy atom. The zero-order valence-corrected chi connectivity index (χ0v) is 9.76. The van der Waals surface area contributed by atoms with Gasteiger partial charge in [0.05, 0.1) is 11.0 Å². The van der Waals surface area contributed by atoms with Gasteiger partial charge in [0, 0.05) is 24.9 Å². The second-order valence-electron chi connectivity index (χ2n) is 4.10. The zero-order chi connectivity index (χ0) is 12.7. The molecule has 0 aliphatic heterocycles. The van der Waals surface area contributed by atoms with Crippen molar-refractivity contribution < 1.29 is 4.39 Å². The van der Waals surface area contributed by atoms with Crippen LogP contribution in [0.4, 0.5) is 10.2 Å². The number of hydrogen-bond acceptors (Lipinski definition) is 3. The fourth-order valence-corrected chi connectivity index (χ4v) is 1.97. The van der Waals surface area contributed by atoms with Crippen LogP contribution in [0.5, 0.6) is 0 Å². The Morgan fingerprint density at radius 2 is 2.06 bits per heavy atom. The Kier molecular flexibility index (Phi) is 2.26. The van der Waals surface area contributed by atoms with E-state index in [1.54, 1.807) is 18.3 Å². The molecule has 2 N–H and O–H groups in total. The first-order chi connectivity index (χ1) is 8.65. The summed E-state index contributed by atoms with van der Waals surface area (Å²) in [5.41, 5.74) is 7.91. The number of benzene rings is 1. The van der Waals surface area contributed by atoms with Gasteiger partial charge in [-0.25, -0.2) is 14.4 Å². The van der Waals surface area contributed by atoms with Gasteiger partial charge >= 0.3 is 0 Å². The molecule has 0 atom stereocenters. The molecule has 18 heavy (non-hydrogen) atoms. The van der Waals surface area contributed by atoms with Crippen LogP contribution in [-0.2, 0) is 7.05 Å². The molecule has 0 saturated heterocycles. The van der Waals surface area contributed by atoms with E-state index >= 15 is 0 Å². The van der Waals surface area contributed by atoms with Crippen molar-refractivity contribution in [2.45, 2.75) is 0 Å². The highest BCUT2D eigenvalue weighted by Gasteiger charge is 2.10. The van der Waals surface area contributed by atoms with E-state index in [1.807, 2.05) is 17.7 Å². The van der Waals surface area contributed by atoms with Gasteiger partial charge in [-0.3, -0.25) is 0 Å². The number of nitrogens with two attached hydrogens (primary N) is 1. The number of nitrogens with zero attached hydrogens (tertiary/aromatic N) is 3. The van der Waals surface area contributed by atoms with Gasteiger partial charge in [0.15, 0.2) is 0 Å². The highest BCUT2D eigenvalue weighted by Crippen LogP contribution is 2.23. The first-order valence-corrected chi connectivity index (χ1v) is 5.49. The number of hydrogen-bond donors (Lipinski definition) is 1. The Hall–Kier alpha value is -2.43. The summed E-state index contributed by atoms with van der Waals surface area (Å²) < 4.78 is 15.1. The van der Waals surface area contributed by atoms with E-state index in [0.717, 1.165) is 16.9 Å². The van der Waals surface area contributed by atoms with Crippen molar-refractivity contribution >= 4 is 16.9 Å². The molecule has 4 nitrogen and oxygen atoms in total. The van der Waals surface area contributed by atoms with Gasteiger partial charge in [-0.1, -0.05) is 0 Å². The summed E-state index contributed by atoms with van der Waals surface area (Å²) in [6.45, 7) is 0. The molecule has 0 radical (unpaired) electrons. The van der Waals surface area contributed by atoms with E-state index in [0.29, 0.717) is 11.3 Å². The van der Waals surface area contributed by atoms with Crippen molar-refractivity contribution in [2.75, 3.05) is 5.73 Å². The van der Waals surface area contributed by atoms with Crippen molar-refractivity contribution in [3.8, 4) is 11.4 Å². The van der Waals surface area contributed by atoms with Gasteiger partial charge in [-0.15, -0.1) is 0 Å². The fourth-order valence-electron chi connectivity index (χ4n) is 1.97. The first kappa shape index (κ1) is 10.7. The number of anilines is 1. The van der Waals surface area contributed by atoms with Crippen LogP contribution in [0.2, 0.25) is 0 Å². The number of nitrogen functional groups attached to an aromatic ring is 1. The van der Waals surface area contributed by atoms with Crippen LogP contribution in [0.15, 0.2) is 36.5 Å². The first-order valence-electron chi connectivity index (χ1n) is 5.49. The van der Waals surface area contributed by atoms with Gasteiger partial charge in [-0.05, 0) is 24.3 Å². The molecule has 3 rings (SSSR count). The van der Waals surface area contributed by atoms with Crippen molar-refractivity contribution in [1.29, 1.82) is 0 Å². The lowest BCUT2D eigenvalue weighted by molar-refractivity contribution is 0.629. The summed E-state index contributed by atoms with van der Waals surface area (Å²) in [5.74, 6) is 0.911. The maximum absolute atomic E-state index is 13.2. The van der Waals surface area contributed by atoms with Crippen molar-refractivity contribution in [2.24, 2.45) is 7.05 Å². The van der Waals surface area contributed by atoms with E-state index in [4.69, 9.17) is 5.73 Å². The normalized spacial score (nSPS) is 11.0. The third kappa shape index (κ3) is 1.60. The number of fused-ring (bicyclic) bond motifs is 1. The second-order valence-corrected chi connectivity index (χ2v) is 4.10. The van der Waals surface area contributed by atoms with E-state index in [-0.39, 0.29) is 5.82 Å². The average molecular weight is 242 g/mol. The molecule has 0 spiro atoms. The Labute approximate surface area is 103 Å². The Morgan fingerprint density at radius 3 is 2.78 bits per heavy atom. The lowest BCUT2D eigenvalue weighted by Gasteiger charge is -2.02. The average Bonchev–Trinajstić information content (AvgIpc) is 2.67. The van der Waals surface area contributed by atoms with Gasteiger partial charge in [0.1, 0.15) is 17.5 Å². The van der Waals surface area contributed by atoms with Gasteiger partial charge < -0.3 is 10.3 Å². The second kappa shape index (κ2) is 3.80. The molecule has 0 aliphatic rings. The molecule has 0 unspecified atom stereocenters. The predicted molar refractivity (Wildman–Crippen MR) is 68.3 cm³/mol. The molecule has 3 aromatic rings. The molecule has 0 bridgehead atoms. The summed E-state index contributed by atoms with van der Waals surface area (Å²) in [5, 5.41) is 0. The monoisotopic (exact) mass is 242 g/mol. The molecule has 1 aromatic carbocycles. The van der Waals surface area contributed by atoms with E-state index < -0.39 is 0 Å². The lowest BCUT2D eigenvalue weighted by atomic mass is 10.2. The summed E-state index contributed by atoms with van der Waals surface area (Å²) >= 11 is 0. The molecule has 2 aromatic heterocycles. The number of rotatable bonds is 1. The van der Waals surface area contributed by atoms with Crippen LogP contribution in [-0.4, -0.2) is 14.5 Å². The van der Waals surface area contributed by atoms with E-state index in [1.165, 1.54) is 12.1 Å². The Balaban J connectivity index is 2.23. The zero-order valence-electron chi connectivity index (χ0n) is 9.76. The summed E-state index contributed by atoms with van der Waals surface area (Å²) in [6, 6.07) is 8.12. The molecule has 0 aliphatic carbocycles. The molecule has 0 fully saturated rings. The van der Waals surface area contributed by atoms with Gasteiger partial charge in [0.2, 0.25) is 0 Å². The SMILES string of the molecule is Cn1c(-c2ccc(N)nc2)nc2cc(F)ccc21. The van der Waals surface area contributed by atoms with Crippen LogP contribution < -0.4 is 5.73 Å². The minimum atomic E-state index is -0.289. The van der Waals surface area contributed by atoms with Crippen LogP contribution in [0.1, 0.15) is 0 Å². The fraction of sp³-hybridized carbons (Fsp3) is 0.0769. The Bertz CT molecular complexity index is 716. The third-order valence-electron chi connectivity index (χ3n) is 2.89.